The Hall–Kier alpha value is -1.99. The summed E-state index contributed by atoms with van der Waals surface area (Å²) in [4.78, 5) is 11.2. The second kappa shape index (κ2) is 20.0. The number of fused-ring (bicyclic) bond motifs is 1. The number of hydrogen-bond acceptors (Lipinski definition) is 5. The standard InChI is InChI=1S/C35H57NO5/c1-4-7-8-12-32(38)20-17-28-15-16-29-11-9-10-27(5-2)34(29)21-14-26(23-30(28)24-33(39)25-37)13-18-31(36-6-3)19-22-35(40)41/h9-11,17,20,26,31-33,36-39H,4-8,12-16,18-19,21-25H2,1-3H3,(H,40,41). The Morgan fingerprint density at radius 3 is 2.56 bits per heavy atom. The molecule has 0 aliphatic heterocycles. The number of hydrogen-bond donors (Lipinski definition) is 5. The Labute approximate surface area is 249 Å². The Morgan fingerprint density at radius 2 is 1.88 bits per heavy atom. The van der Waals surface area contributed by atoms with Crippen molar-refractivity contribution in [1.82, 2.24) is 5.32 Å². The van der Waals surface area contributed by atoms with E-state index in [1.54, 1.807) is 0 Å². The van der Waals surface area contributed by atoms with Crippen LogP contribution in [0.15, 0.2) is 41.5 Å². The number of aliphatic carboxylic acids is 1. The van der Waals surface area contributed by atoms with Crippen molar-refractivity contribution in [2.75, 3.05) is 13.2 Å². The van der Waals surface area contributed by atoms with Gasteiger partial charge in [-0.1, -0.05) is 76.0 Å². The number of allylic oxidation sites excluding steroid dienone is 2. The van der Waals surface area contributed by atoms with Gasteiger partial charge >= 0.3 is 5.97 Å². The third kappa shape index (κ3) is 13.2. The molecule has 6 nitrogen and oxygen atoms in total. The van der Waals surface area contributed by atoms with Crippen LogP contribution in [0.2, 0.25) is 0 Å². The van der Waals surface area contributed by atoms with Crippen LogP contribution in [-0.4, -0.2) is 57.8 Å². The Morgan fingerprint density at radius 1 is 1.07 bits per heavy atom. The van der Waals surface area contributed by atoms with Crippen molar-refractivity contribution in [2.45, 2.75) is 135 Å². The smallest absolute Gasteiger partial charge is 0.303 e. The van der Waals surface area contributed by atoms with Crippen molar-refractivity contribution in [1.29, 1.82) is 0 Å². The van der Waals surface area contributed by atoms with Crippen LogP contribution in [-0.2, 0) is 24.1 Å². The zero-order valence-electron chi connectivity index (χ0n) is 25.9. The van der Waals surface area contributed by atoms with Gasteiger partial charge in [-0.3, -0.25) is 4.79 Å². The number of aliphatic hydroxyl groups excluding tert-OH is 3. The molecular weight excluding hydrogens is 514 g/mol. The summed E-state index contributed by atoms with van der Waals surface area (Å²) >= 11 is 0. The average molecular weight is 572 g/mol. The number of aryl methyl sites for hydroxylation is 2. The molecule has 1 aromatic rings. The summed E-state index contributed by atoms with van der Waals surface area (Å²) in [5.74, 6) is -0.387. The topological polar surface area (TPSA) is 110 Å². The number of unbranched alkanes of at least 4 members (excludes halogenated alkanes) is 2. The van der Waals surface area contributed by atoms with E-state index < -0.39 is 18.2 Å². The molecule has 0 aromatic heterocycles. The van der Waals surface area contributed by atoms with E-state index in [-0.39, 0.29) is 19.1 Å². The third-order valence-electron chi connectivity index (χ3n) is 8.65. The molecule has 0 bridgehead atoms. The molecule has 0 amide bonds. The maximum absolute atomic E-state index is 11.2. The number of carbonyl (C=O) groups is 1. The van der Waals surface area contributed by atoms with Crippen LogP contribution < -0.4 is 5.32 Å². The van der Waals surface area contributed by atoms with Gasteiger partial charge in [0, 0.05) is 12.5 Å². The van der Waals surface area contributed by atoms with E-state index in [2.05, 4.69) is 50.4 Å². The van der Waals surface area contributed by atoms with Crippen molar-refractivity contribution < 1.29 is 25.2 Å². The SMILES string of the molecule is CCCCCC(O)C=CC1=C(CC(O)CO)CC(CCC(CCC(=O)O)NCC)CCc2c(CC)cccc2CC1. The monoisotopic (exact) mass is 571 g/mol. The molecule has 232 valence electrons. The summed E-state index contributed by atoms with van der Waals surface area (Å²) in [5.41, 5.74) is 6.61. The molecule has 2 rings (SSSR count). The molecule has 1 aliphatic carbocycles. The first-order chi connectivity index (χ1) is 19.8. The van der Waals surface area contributed by atoms with Gasteiger partial charge in [-0.15, -0.1) is 0 Å². The second-order valence-corrected chi connectivity index (χ2v) is 11.9. The highest BCUT2D eigenvalue weighted by Gasteiger charge is 2.22. The zero-order valence-corrected chi connectivity index (χ0v) is 25.9. The lowest BCUT2D eigenvalue weighted by atomic mass is 9.80. The quantitative estimate of drug-likeness (QED) is 0.132. The molecule has 6 heteroatoms. The van der Waals surface area contributed by atoms with E-state index >= 15 is 0 Å². The van der Waals surface area contributed by atoms with Crippen molar-refractivity contribution in [3.63, 3.8) is 0 Å². The molecule has 41 heavy (non-hydrogen) atoms. The molecule has 0 radical (unpaired) electrons. The molecule has 5 N–H and O–H groups in total. The van der Waals surface area contributed by atoms with Crippen molar-refractivity contribution >= 4 is 5.97 Å². The van der Waals surface area contributed by atoms with E-state index in [0.717, 1.165) is 83.6 Å². The molecule has 4 atom stereocenters. The van der Waals surface area contributed by atoms with Crippen LogP contribution in [0.25, 0.3) is 0 Å². The Balaban J connectivity index is 2.42. The lowest BCUT2D eigenvalue weighted by Crippen LogP contribution is -2.30. The summed E-state index contributed by atoms with van der Waals surface area (Å²) in [5, 5.41) is 43.6. The molecule has 0 saturated carbocycles. The normalized spacial score (nSPS) is 18.7. The lowest BCUT2D eigenvalue weighted by Gasteiger charge is -2.27. The number of nitrogens with one attached hydrogen (secondary N) is 1. The molecule has 0 saturated heterocycles. The first-order valence-corrected chi connectivity index (χ1v) is 16.2. The van der Waals surface area contributed by atoms with E-state index in [9.17, 15) is 25.2 Å². The minimum Gasteiger partial charge on any atom is -0.481 e. The van der Waals surface area contributed by atoms with Gasteiger partial charge in [0.25, 0.3) is 0 Å². The van der Waals surface area contributed by atoms with E-state index in [1.165, 1.54) is 27.8 Å². The maximum Gasteiger partial charge on any atom is 0.303 e. The van der Waals surface area contributed by atoms with Gasteiger partial charge in [0.15, 0.2) is 0 Å². The predicted molar refractivity (Wildman–Crippen MR) is 168 cm³/mol. The fraction of sp³-hybridized carbons (Fsp3) is 0.686. The van der Waals surface area contributed by atoms with Crippen LogP contribution in [0.3, 0.4) is 0 Å². The molecule has 0 spiro atoms. The average Bonchev–Trinajstić information content (AvgIpc) is 2.96. The van der Waals surface area contributed by atoms with Gasteiger partial charge < -0.3 is 25.7 Å². The molecule has 1 aliphatic rings. The summed E-state index contributed by atoms with van der Waals surface area (Å²) in [6, 6.07) is 6.83. The van der Waals surface area contributed by atoms with Crippen LogP contribution >= 0.6 is 0 Å². The van der Waals surface area contributed by atoms with Gasteiger partial charge in [-0.2, -0.15) is 0 Å². The zero-order chi connectivity index (χ0) is 30.0. The summed E-state index contributed by atoms with van der Waals surface area (Å²) < 4.78 is 0. The summed E-state index contributed by atoms with van der Waals surface area (Å²) in [7, 11) is 0. The molecule has 0 heterocycles. The minimum absolute atomic E-state index is 0.165. The Bertz CT molecular complexity index is 956. The highest BCUT2D eigenvalue weighted by Crippen LogP contribution is 2.33. The van der Waals surface area contributed by atoms with Gasteiger partial charge in [-0.25, -0.2) is 0 Å². The van der Waals surface area contributed by atoms with E-state index in [4.69, 9.17) is 0 Å². The fourth-order valence-electron chi connectivity index (χ4n) is 6.26. The van der Waals surface area contributed by atoms with Crippen LogP contribution in [0.5, 0.6) is 0 Å². The number of carboxylic acids is 1. The molecule has 4 unspecified atom stereocenters. The van der Waals surface area contributed by atoms with Gasteiger partial charge in [0.2, 0.25) is 0 Å². The first kappa shape index (κ1) is 35.2. The number of benzene rings is 1. The second-order valence-electron chi connectivity index (χ2n) is 11.9. The van der Waals surface area contributed by atoms with E-state index in [1.807, 2.05) is 6.08 Å². The van der Waals surface area contributed by atoms with Gasteiger partial charge in [0.05, 0.1) is 18.8 Å². The lowest BCUT2D eigenvalue weighted by molar-refractivity contribution is -0.137. The number of aliphatic hydroxyl groups is 3. The summed E-state index contributed by atoms with van der Waals surface area (Å²) in [6.45, 7) is 6.98. The largest absolute Gasteiger partial charge is 0.481 e. The van der Waals surface area contributed by atoms with Crippen molar-refractivity contribution in [3.8, 4) is 0 Å². The highest BCUT2D eigenvalue weighted by molar-refractivity contribution is 5.66. The van der Waals surface area contributed by atoms with Gasteiger partial charge in [0.1, 0.15) is 0 Å². The molecule has 1 aromatic carbocycles. The Kier molecular flexibility index (Phi) is 17.2. The molecular formula is C35H57NO5. The number of carboxylic acid groups (broad SMARTS) is 1. The predicted octanol–water partition coefficient (Wildman–Crippen LogP) is 6.29. The maximum atomic E-state index is 11.2. The minimum atomic E-state index is -0.810. The first-order valence-electron chi connectivity index (χ1n) is 16.2. The molecule has 0 fully saturated rings. The van der Waals surface area contributed by atoms with Crippen LogP contribution in [0, 0.1) is 5.92 Å². The van der Waals surface area contributed by atoms with Crippen LogP contribution in [0.4, 0.5) is 0 Å². The third-order valence-corrected chi connectivity index (χ3v) is 8.65. The number of rotatable bonds is 18. The van der Waals surface area contributed by atoms with Gasteiger partial charge in [-0.05, 0) is 105 Å². The van der Waals surface area contributed by atoms with Crippen molar-refractivity contribution in [3.05, 3.63) is 58.2 Å². The van der Waals surface area contributed by atoms with Crippen molar-refractivity contribution in [2.24, 2.45) is 5.92 Å². The summed E-state index contributed by atoms with van der Waals surface area (Å²) in [6.07, 6.45) is 15.4. The van der Waals surface area contributed by atoms with E-state index in [0.29, 0.717) is 18.8 Å². The van der Waals surface area contributed by atoms with Crippen LogP contribution in [0.1, 0.15) is 115 Å². The fourth-order valence-corrected chi connectivity index (χ4v) is 6.26. The highest BCUT2D eigenvalue weighted by atomic mass is 16.4.